The Morgan fingerprint density at radius 1 is 1.08 bits per heavy atom. The third-order valence-electron chi connectivity index (χ3n) is 3.62. The number of nitrogens with one attached hydrogen (secondary N) is 1. The van der Waals surface area contributed by atoms with Crippen molar-refractivity contribution in [2.24, 2.45) is 5.73 Å². The van der Waals surface area contributed by atoms with Gasteiger partial charge in [-0.15, -0.1) is 0 Å². The van der Waals surface area contributed by atoms with Crippen LogP contribution in [0.5, 0.6) is 0 Å². The Kier molecular flexibility index (Phi) is 5.59. The number of carbonyl (C=O) groups excluding carboxylic acids is 1. The Balaban J connectivity index is 1.94. The van der Waals surface area contributed by atoms with Gasteiger partial charge in [0, 0.05) is 12.6 Å². The van der Waals surface area contributed by atoms with Crippen LogP contribution >= 0.6 is 0 Å². The quantitative estimate of drug-likeness (QED) is 0.743. The standard InChI is InChI=1S/C17H20N4O3/c1-10(2)11-3-5-12(6-4-11)13(18)7-21-16(22)14-8-20-15(9-19-14)17(23)24/h3-6,8-10,13H,7,18H2,1-2H3,(H,21,22)(H,23,24). The molecule has 1 amide bonds. The summed E-state index contributed by atoms with van der Waals surface area (Å²) < 4.78 is 0. The Labute approximate surface area is 139 Å². The molecule has 0 radical (unpaired) electrons. The number of nitrogens with zero attached hydrogens (tertiary/aromatic N) is 2. The number of aromatic carboxylic acids is 1. The molecule has 0 aliphatic carbocycles. The summed E-state index contributed by atoms with van der Waals surface area (Å²) in [5, 5.41) is 11.4. The van der Waals surface area contributed by atoms with Gasteiger partial charge in [-0.05, 0) is 17.0 Å². The van der Waals surface area contributed by atoms with Crippen molar-refractivity contribution >= 4 is 11.9 Å². The summed E-state index contributed by atoms with van der Waals surface area (Å²) in [6.07, 6.45) is 2.17. The van der Waals surface area contributed by atoms with Crippen LogP contribution in [0.4, 0.5) is 0 Å². The highest BCUT2D eigenvalue weighted by Crippen LogP contribution is 2.17. The average Bonchev–Trinajstić information content (AvgIpc) is 2.59. The molecule has 2 aromatic rings. The maximum absolute atomic E-state index is 12.0. The number of carboxylic acids is 1. The van der Waals surface area contributed by atoms with Crippen molar-refractivity contribution in [2.75, 3.05) is 6.54 Å². The van der Waals surface area contributed by atoms with Gasteiger partial charge in [0.05, 0.1) is 12.4 Å². The van der Waals surface area contributed by atoms with Gasteiger partial charge in [0.2, 0.25) is 0 Å². The molecule has 7 heteroatoms. The molecule has 0 spiro atoms. The second-order valence-electron chi connectivity index (χ2n) is 5.73. The van der Waals surface area contributed by atoms with E-state index < -0.39 is 11.9 Å². The van der Waals surface area contributed by atoms with Gasteiger partial charge in [0.1, 0.15) is 5.69 Å². The highest BCUT2D eigenvalue weighted by molar-refractivity contribution is 5.92. The van der Waals surface area contributed by atoms with Crippen molar-refractivity contribution in [3.63, 3.8) is 0 Å². The van der Waals surface area contributed by atoms with E-state index in [4.69, 9.17) is 10.8 Å². The van der Waals surface area contributed by atoms with E-state index in [0.717, 1.165) is 18.0 Å². The molecule has 0 bridgehead atoms. The molecule has 1 unspecified atom stereocenters. The van der Waals surface area contributed by atoms with Crippen molar-refractivity contribution in [1.82, 2.24) is 15.3 Å². The molecule has 0 aliphatic heterocycles. The first-order valence-corrected chi connectivity index (χ1v) is 7.57. The Morgan fingerprint density at radius 3 is 2.12 bits per heavy atom. The third kappa shape index (κ3) is 4.36. The molecule has 7 nitrogen and oxygen atoms in total. The van der Waals surface area contributed by atoms with E-state index in [1.54, 1.807) is 0 Å². The summed E-state index contributed by atoms with van der Waals surface area (Å²) in [5.74, 6) is -1.20. The zero-order valence-electron chi connectivity index (χ0n) is 13.6. The number of amides is 1. The predicted molar refractivity (Wildman–Crippen MR) is 88.8 cm³/mol. The van der Waals surface area contributed by atoms with Gasteiger partial charge < -0.3 is 16.2 Å². The lowest BCUT2D eigenvalue weighted by Crippen LogP contribution is -2.32. The second-order valence-corrected chi connectivity index (χ2v) is 5.73. The monoisotopic (exact) mass is 328 g/mol. The summed E-state index contributed by atoms with van der Waals surface area (Å²) in [6, 6.07) is 7.61. The van der Waals surface area contributed by atoms with Gasteiger partial charge in [-0.3, -0.25) is 4.79 Å². The largest absolute Gasteiger partial charge is 0.476 e. The van der Waals surface area contributed by atoms with E-state index in [0.29, 0.717) is 5.92 Å². The van der Waals surface area contributed by atoms with Crippen LogP contribution in [0.2, 0.25) is 0 Å². The van der Waals surface area contributed by atoms with Crippen LogP contribution in [0.1, 0.15) is 57.9 Å². The lowest BCUT2D eigenvalue weighted by Gasteiger charge is -2.14. The van der Waals surface area contributed by atoms with E-state index in [2.05, 4.69) is 29.1 Å². The van der Waals surface area contributed by atoms with Crippen LogP contribution in [0.3, 0.4) is 0 Å². The minimum atomic E-state index is -1.19. The molecular formula is C17H20N4O3. The topological polar surface area (TPSA) is 118 Å². The summed E-state index contributed by atoms with van der Waals surface area (Å²) in [4.78, 5) is 30.1. The maximum Gasteiger partial charge on any atom is 0.356 e. The van der Waals surface area contributed by atoms with Crippen LogP contribution in [0.15, 0.2) is 36.7 Å². The van der Waals surface area contributed by atoms with Gasteiger partial charge in [-0.2, -0.15) is 0 Å². The first-order chi connectivity index (χ1) is 11.4. The number of aromatic nitrogens is 2. The first kappa shape index (κ1) is 17.6. The van der Waals surface area contributed by atoms with E-state index in [-0.39, 0.29) is 24.0 Å². The second kappa shape index (κ2) is 7.65. The van der Waals surface area contributed by atoms with Crippen LogP contribution in [0.25, 0.3) is 0 Å². The zero-order chi connectivity index (χ0) is 17.7. The Hall–Kier alpha value is -2.80. The number of hydrogen-bond acceptors (Lipinski definition) is 5. The number of benzene rings is 1. The molecule has 0 fully saturated rings. The van der Waals surface area contributed by atoms with Crippen LogP contribution in [-0.2, 0) is 0 Å². The Morgan fingerprint density at radius 2 is 1.62 bits per heavy atom. The van der Waals surface area contributed by atoms with Gasteiger partial charge in [0.25, 0.3) is 5.91 Å². The lowest BCUT2D eigenvalue weighted by molar-refractivity contribution is 0.0689. The van der Waals surface area contributed by atoms with Gasteiger partial charge in [-0.25, -0.2) is 14.8 Å². The molecule has 0 aliphatic rings. The van der Waals surface area contributed by atoms with Crippen LogP contribution < -0.4 is 11.1 Å². The maximum atomic E-state index is 12.0. The third-order valence-corrected chi connectivity index (χ3v) is 3.62. The van der Waals surface area contributed by atoms with Crippen molar-refractivity contribution in [3.8, 4) is 0 Å². The molecule has 1 heterocycles. The number of carbonyl (C=O) groups is 2. The van der Waals surface area contributed by atoms with Crippen molar-refractivity contribution in [3.05, 3.63) is 59.2 Å². The highest BCUT2D eigenvalue weighted by atomic mass is 16.4. The minimum Gasteiger partial charge on any atom is -0.476 e. The fourth-order valence-electron chi connectivity index (χ4n) is 2.09. The molecule has 1 aromatic carbocycles. The molecular weight excluding hydrogens is 308 g/mol. The molecule has 24 heavy (non-hydrogen) atoms. The van der Waals surface area contributed by atoms with E-state index in [1.165, 1.54) is 5.56 Å². The number of hydrogen-bond donors (Lipinski definition) is 3. The van der Waals surface area contributed by atoms with Gasteiger partial charge >= 0.3 is 5.97 Å². The molecule has 2 rings (SSSR count). The van der Waals surface area contributed by atoms with E-state index in [1.807, 2.05) is 24.3 Å². The van der Waals surface area contributed by atoms with Crippen LogP contribution in [-0.4, -0.2) is 33.5 Å². The highest BCUT2D eigenvalue weighted by Gasteiger charge is 2.13. The molecule has 4 N–H and O–H groups in total. The van der Waals surface area contributed by atoms with Gasteiger partial charge in [0.15, 0.2) is 5.69 Å². The van der Waals surface area contributed by atoms with E-state index in [9.17, 15) is 9.59 Å². The first-order valence-electron chi connectivity index (χ1n) is 7.57. The van der Waals surface area contributed by atoms with Crippen LogP contribution in [0, 0.1) is 0 Å². The fraction of sp³-hybridized carbons (Fsp3) is 0.294. The molecule has 0 saturated heterocycles. The van der Waals surface area contributed by atoms with Crippen molar-refractivity contribution < 1.29 is 14.7 Å². The SMILES string of the molecule is CC(C)c1ccc(C(N)CNC(=O)c2cnc(C(=O)O)cn2)cc1. The van der Waals surface area contributed by atoms with Crippen molar-refractivity contribution in [2.45, 2.75) is 25.8 Å². The van der Waals surface area contributed by atoms with Crippen molar-refractivity contribution in [1.29, 1.82) is 0 Å². The molecule has 0 saturated carbocycles. The minimum absolute atomic E-state index is 0.0438. The predicted octanol–water partition coefficient (Wildman–Crippen LogP) is 1.73. The average molecular weight is 328 g/mol. The number of nitrogens with two attached hydrogens (primary N) is 1. The fourth-order valence-corrected chi connectivity index (χ4v) is 2.09. The summed E-state index contributed by atoms with van der Waals surface area (Å²) >= 11 is 0. The summed E-state index contributed by atoms with van der Waals surface area (Å²) in [6.45, 7) is 4.47. The summed E-state index contributed by atoms with van der Waals surface area (Å²) in [5.41, 5.74) is 8.06. The molecule has 1 aromatic heterocycles. The smallest absolute Gasteiger partial charge is 0.356 e. The zero-order valence-corrected chi connectivity index (χ0v) is 13.6. The van der Waals surface area contributed by atoms with Gasteiger partial charge in [-0.1, -0.05) is 38.1 Å². The number of carboxylic acid groups (broad SMARTS) is 1. The summed E-state index contributed by atoms with van der Waals surface area (Å²) in [7, 11) is 0. The lowest BCUT2D eigenvalue weighted by atomic mass is 9.99. The van der Waals surface area contributed by atoms with E-state index >= 15 is 0 Å². The Bertz CT molecular complexity index is 712. The molecule has 126 valence electrons. The number of rotatable bonds is 6. The molecule has 1 atom stereocenters. The normalized spacial score (nSPS) is 12.0.